The molecule has 8 rings (SSSR count). The summed E-state index contributed by atoms with van der Waals surface area (Å²) in [6.07, 6.45) is 9.37. The number of phenols is 2. The van der Waals surface area contributed by atoms with Gasteiger partial charge in [0.15, 0.2) is 0 Å². The van der Waals surface area contributed by atoms with E-state index < -0.39 is 5.97 Å². The highest BCUT2D eigenvalue weighted by molar-refractivity contribution is 5.96. The number of benzene rings is 8. The topological polar surface area (TPSA) is 114 Å². The van der Waals surface area contributed by atoms with Gasteiger partial charge >= 0.3 is 5.97 Å². The molecule has 7 nitrogen and oxygen atoms in total. The van der Waals surface area contributed by atoms with E-state index in [0.29, 0.717) is 11.4 Å². The second-order valence-corrected chi connectivity index (χ2v) is 15.2. The van der Waals surface area contributed by atoms with Crippen molar-refractivity contribution < 1.29 is 33.3 Å². The Balaban J connectivity index is 0.000000169. The molecule has 0 saturated carbocycles. The SMILES string of the molecule is C=Cc1ccc(C)c(Nc2ccc(F)cc2)c1.Cc1ccc(/C=C/c2cccc(O)c2)cc1Nc1ccc(F)cc1.O=C(O)c1ccc(/C=C/c2cccc(O)c2)cc1Nc1ccc(F)cc1. The van der Waals surface area contributed by atoms with Crippen molar-refractivity contribution in [1.29, 1.82) is 0 Å². The number of phenolic OH excluding ortho intramolecular Hbond substituents is 2. The summed E-state index contributed by atoms with van der Waals surface area (Å²) in [6, 6.07) is 49.3. The third kappa shape index (κ3) is 14.9. The highest BCUT2D eigenvalue weighted by Gasteiger charge is 2.11. The van der Waals surface area contributed by atoms with Gasteiger partial charge in [-0.05, 0) is 174 Å². The van der Waals surface area contributed by atoms with E-state index in [1.165, 1.54) is 54.6 Å². The van der Waals surface area contributed by atoms with Crippen LogP contribution in [0.1, 0.15) is 49.3 Å². The fraction of sp³-hybridized carbons (Fsp3) is 0.0351. The minimum absolute atomic E-state index is 0.115. The molecule has 0 aliphatic heterocycles. The van der Waals surface area contributed by atoms with Crippen molar-refractivity contribution in [3.05, 3.63) is 244 Å². The lowest BCUT2D eigenvalue weighted by molar-refractivity contribution is 0.0698. The molecule has 0 saturated heterocycles. The van der Waals surface area contributed by atoms with Crippen LogP contribution in [0.4, 0.5) is 47.3 Å². The summed E-state index contributed by atoms with van der Waals surface area (Å²) in [4.78, 5) is 11.4. The summed E-state index contributed by atoms with van der Waals surface area (Å²) in [5.41, 5.74) is 11.7. The van der Waals surface area contributed by atoms with Crippen LogP contribution in [0.2, 0.25) is 0 Å². The summed E-state index contributed by atoms with van der Waals surface area (Å²) in [5, 5.41) is 37.9. The zero-order chi connectivity index (χ0) is 47.7. The standard InChI is InChI=1S/C21H16FNO3.C21H18FNO.C15H14FN/c22-16-7-9-17(10-8-16)23-20-13-15(6-11-19(20)21(25)26)5-4-14-2-1-3-18(24)12-14;1-15-5-6-17(8-7-16-3-2-4-20(24)13-16)14-21(15)23-19-11-9-18(22)10-12-19;1-3-12-5-4-11(2)15(10-12)17-14-8-6-13(16)7-9-14/h1-13,23-24H,(H,25,26);2-14,23-24H,1H3;3-10,17H,1H2,2H3/b5-4+;8-7+;. The molecular weight excluding hydrogens is 848 g/mol. The predicted molar refractivity (Wildman–Crippen MR) is 269 cm³/mol. The molecule has 0 aliphatic carbocycles. The van der Waals surface area contributed by atoms with Gasteiger partial charge in [-0.15, -0.1) is 0 Å². The maximum atomic E-state index is 13.0. The lowest BCUT2D eigenvalue weighted by Gasteiger charge is -2.11. The Labute approximate surface area is 388 Å². The van der Waals surface area contributed by atoms with Crippen molar-refractivity contribution >= 4 is 70.5 Å². The fourth-order valence-electron chi connectivity index (χ4n) is 6.44. The van der Waals surface area contributed by atoms with Crippen molar-refractivity contribution in [3.63, 3.8) is 0 Å². The largest absolute Gasteiger partial charge is 0.508 e. The van der Waals surface area contributed by atoms with Crippen molar-refractivity contribution in [3.8, 4) is 11.5 Å². The molecule has 0 atom stereocenters. The molecular formula is C57H48F3N3O4. The molecule has 6 N–H and O–H groups in total. The maximum absolute atomic E-state index is 13.0. The molecule has 0 unspecified atom stereocenters. The Kier molecular flexibility index (Phi) is 16.6. The number of carbonyl (C=O) groups is 1. The van der Waals surface area contributed by atoms with Gasteiger partial charge in [0.1, 0.15) is 29.0 Å². The number of hydrogen-bond acceptors (Lipinski definition) is 6. The van der Waals surface area contributed by atoms with Gasteiger partial charge in [0.25, 0.3) is 0 Å². The van der Waals surface area contributed by atoms with Crippen LogP contribution in [0.15, 0.2) is 183 Å². The van der Waals surface area contributed by atoms with E-state index in [2.05, 4.69) is 22.5 Å². The van der Waals surface area contributed by atoms with Crippen LogP contribution in [0, 0.1) is 31.3 Å². The van der Waals surface area contributed by atoms with E-state index >= 15 is 0 Å². The van der Waals surface area contributed by atoms with Crippen molar-refractivity contribution in [2.75, 3.05) is 16.0 Å². The molecule has 0 fully saturated rings. The molecule has 336 valence electrons. The zero-order valence-corrected chi connectivity index (χ0v) is 36.7. The minimum atomic E-state index is -1.06. The Bertz CT molecular complexity index is 3010. The first-order valence-electron chi connectivity index (χ1n) is 21.0. The van der Waals surface area contributed by atoms with Gasteiger partial charge in [-0.2, -0.15) is 0 Å². The molecule has 0 spiro atoms. The highest BCUT2D eigenvalue weighted by atomic mass is 19.1. The summed E-state index contributed by atoms with van der Waals surface area (Å²) < 4.78 is 38.8. The van der Waals surface area contributed by atoms with Crippen LogP contribution in [0.5, 0.6) is 11.5 Å². The molecule has 8 aromatic carbocycles. The van der Waals surface area contributed by atoms with Crippen LogP contribution in [-0.4, -0.2) is 21.3 Å². The number of nitrogens with one attached hydrogen (secondary N) is 3. The van der Waals surface area contributed by atoms with Crippen LogP contribution >= 0.6 is 0 Å². The number of halogens is 3. The third-order valence-corrected chi connectivity index (χ3v) is 10.1. The van der Waals surface area contributed by atoms with Crippen molar-refractivity contribution in [2.24, 2.45) is 0 Å². The molecule has 0 bridgehead atoms. The van der Waals surface area contributed by atoms with Gasteiger partial charge in [-0.3, -0.25) is 0 Å². The Hall–Kier alpha value is -8.76. The van der Waals surface area contributed by atoms with Gasteiger partial charge in [0, 0.05) is 28.4 Å². The predicted octanol–water partition coefficient (Wildman–Crippen LogP) is 15.4. The number of aromatic hydroxyl groups is 2. The van der Waals surface area contributed by atoms with E-state index in [0.717, 1.165) is 61.7 Å². The van der Waals surface area contributed by atoms with Crippen molar-refractivity contribution in [2.45, 2.75) is 13.8 Å². The molecule has 0 radical (unpaired) electrons. The first kappa shape index (κ1) is 47.7. The molecule has 10 heteroatoms. The monoisotopic (exact) mass is 895 g/mol. The quantitative estimate of drug-likeness (QED) is 0.0677. The first-order chi connectivity index (χ1) is 32.3. The summed E-state index contributed by atoms with van der Waals surface area (Å²) in [7, 11) is 0. The number of carboxylic acids is 1. The Morgan fingerprint density at radius 2 is 0.791 bits per heavy atom. The van der Waals surface area contributed by atoms with Gasteiger partial charge in [-0.1, -0.05) is 91.6 Å². The number of anilines is 6. The van der Waals surface area contributed by atoms with E-state index in [9.17, 15) is 33.3 Å². The number of carboxylic acid groups (broad SMARTS) is 1. The van der Waals surface area contributed by atoms with E-state index in [-0.39, 0.29) is 34.5 Å². The third-order valence-electron chi connectivity index (χ3n) is 10.1. The van der Waals surface area contributed by atoms with Gasteiger partial charge in [0.2, 0.25) is 0 Å². The van der Waals surface area contributed by atoms with E-state index in [1.807, 2.05) is 92.7 Å². The summed E-state index contributed by atoms with van der Waals surface area (Å²) >= 11 is 0. The minimum Gasteiger partial charge on any atom is -0.508 e. The second-order valence-electron chi connectivity index (χ2n) is 15.2. The fourth-order valence-corrected chi connectivity index (χ4v) is 6.44. The molecule has 67 heavy (non-hydrogen) atoms. The maximum Gasteiger partial charge on any atom is 0.337 e. The average Bonchev–Trinajstić information content (AvgIpc) is 3.32. The Morgan fingerprint density at radius 3 is 1.18 bits per heavy atom. The molecule has 0 aromatic heterocycles. The molecule has 0 amide bonds. The second kappa shape index (κ2) is 23.3. The molecule has 8 aromatic rings. The van der Waals surface area contributed by atoms with Crippen LogP contribution in [0.3, 0.4) is 0 Å². The highest BCUT2D eigenvalue weighted by Crippen LogP contribution is 2.27. The number of rotatable bonds is 12. The van der Waals surface area contributed by atoms with E-state index in [4.69, 9.17) is 0 Å². The summed E-state index contributed by atoms with van der Waals surface area (Å²) in [5.74, 6) is -1.48. The zero-order valence-electron chi connectivity index (χ0n) is 36.7. The van der Waals surface area contributed by atoms with Crippen LogP contribution in [-0.2, 0) is 0 Å². The Morgan fingerprint density at radius 1 is 0.448 bits per heavy atom. The molecule has 0 heterocycles. The number of hydrogen-bond donors (Lipinski definition) is 6. The molecule has 0 aliphatic rings. The van der Waals surface area contributed by atoms with Crippen molar-refractivity contribution in [1.82, 2.24) is 0 Å². The average molecular weight is 896 g/mol. The first-order valence-corrected chi connectivity index (χ1v) is 21.0. The number of aromatic carboxylic acids is 1. The van der Waals surface area contributed by atoms with E-state index in [1.54, 1.807) is 72.8 Å². The van der Waals surface area contributed by atoms with Gasteiger partial charge < -0.3 is 31.3 Å². The smallest absolute Gasteiger partial charge is 0.337 e. The van der Waals surface area contributed by atoms with Gasteiger partial charge in [0.05, 0.1) is 11.3 Å². The van der Waals surface area contributed by atoms with Crippen LogP contribution in [0.25, 0.3) is 30.4 Å². The number of aryl methyl sites for hydroxylation is 2. The van der Waals surface area contributed by atoms with Crippen LogP contribution < -0.4 is 16.0 Å². The normalized spacial score (nSPS) is 10.6. The lowest BCUT2D eigenvalue weighted by atomic mass is 10.1. The van der Waals surface area contributed by atoms with Gasteiger partial charge in [-0.25, -0.2) is 18.0 Å². The summed E-state index contributed by atoms with van der Waals surface area (Å²) in [6.45, 7) is 7.79. The lowest BCUT2D eigenvalue weighted by Crippen LogP contribution is -2.03.